The maximum absolute atomic E-state index is 12.8. The van der Waals surface area contributed by atoms with Gasteiger partial charge in [0.25, 0.3) is 0 Å². The minimum Gasteiger partial charge on any atom is -0.459 e. The van der Waals surface area contributed by atoms with Crippen LogP contribution in [0, 0.1) is 6.92 Å². The first kappa shape index (κ1) is 19.1. The molecule has 0 fully saturated rings. The van der Waals surface area contributed by atoms with Crippen LogP contribution in [0.2, 0.25) is 0 Å². The molecule has 148 valence electrons. The van der Waals surface area contributed by atoms with Gasteiger partial charge in [-0.25, -0.2) is 14.6 Å². The van der Waals surface area contributed by atoms with Crippen LogP contribution < -0.4 is 0 Å². The monoisotopic (exact) mass is 407 g/mol. The highest BCUT2D eigenvalue weighted by Crippen LogP contribution is 2.26. The van der Waals surface area contributed by atoms with Crippen LogP contribution in [-0.4, -0.2) is 37.6 Å². The van der Waals surface area contributed by atoms with Crippen molar-refractivity contribution < 1.29 is 9.21 Å². The molecular formula is C21H21N5O2S. The molecule has 1 amide bonds. The Hall–Kier alpha value is -3.26. The summed E-state index contributed by atoms with van der Waals surface area (Å²) in [5.41, 5.74) is 2.73. The minimum absolute atomic E-state index is 0.0188. The highest BCUT2D eigenvalue weighted by Gasteiger charge is 2.19. The van der Waals surface area contributed by atoms with E-state index in [1.165, 1.54) is 17.7 Å². The molecule has 0 saturated carbocycles. The highest BCUT2D eigenvalue weighted by atomic mass is 32.1. The highest BCUT2D eigenvalue weighted by molar-refractivity contribution is 7.13. The molecule has 0 bridgehead atoms. The molecular weight excluding hydrogens is 386 g/mol. The summed E-state index contributed by atoms with van der Waals surface area (Å²) in [7, 11) is 1.82. The fourth-order valence-electron chi connectivity index (χ4n) is 3.02. The molecule has 0 aliphatic heterocycles. The Kier molecular flexibility index (Phi) is 5.26. The van der Waals surface area contributed by atoms with Gasteiger partial charge in [0.2, 0.25) is 5.91 Å². The third-order valence-corrected chi connectivity index (χ3v) is 5.77. The van der Waals surface area contributed by atoms with Crippen molar-refractivity contribution in [3.63, 3.8) is 0 Å². The van der Waals surface area contributed by atoms with Crippen LogP contribution in [0.5, 0.6) is 0 Å². The summed E-state index contributed by atoms with van der Waals surface area (Å²) in [4.78, 5) is 23.0. The molecule has 1 atom stereocenters. The molecule has 1 unspecified atom stereocenters. The van der Waals surface area contributed by atoms with Gasteiger partial charge < -0.3 is 9.32 Å². The Balaban J connectivity index is 1.41. The molecule has 3 heterocycles. The fraction of sp³-hybridized carbons (Fsp3) is 0.238. The van der Waals surface area contributed by atoms with Crippen LogP contribution in [-0.2, 0) is 11.2 Å². The second-order valence-corrected chi connectivity index (χ2v) is 7.70. The van der Waals surface area contributed by atoms with E-state index in [-0.39, 0.29) is 18.4 Å². The third kappa shape index (κ3) is 4.12. The number of benzene rings is 1. The maximum atomic E-state index is 12.8. The maximum Gasteiger partial charge on any atom is 0.228 e. The molecule has 0 radical (unpaired) electrons. The summed E-state index contributed by atoms with van der Waals surface area (Å²) >= 11 is 1.49. The van der Waals surface area contributed by atoms with Crippen LogP contribution >= 0.6 is 11.3 Å². The summed E-state index contributed by atoms with van der Waals surface area (Å²) in [6.45, 7) is 3.91. The van der Waals surface area contributed by atoms with Gasteiger partial charge in [-0.3, -0.25) is 4.79 Å². The Morgan fingerprint density at radius 2 is 2.03 bits per heavy atom. The van der Waals surface area contributed by atoms with Crippen LogP contribution in [0.3, 0.4) is 0 Å². The van der Waals surface area contributed by atoms with Crippen molar-refractivity contribution in [2.75, 3.05) is 7.05 Å². The number of likely N-dealkylation sites (N-methyl/N-ethyl adjacent to an activating group) is 1. The van der Waals surface area contributed by atoms with E-state index in [1.807, 2.05) is 62.7 Å². The summed E-state index contributed by atoms with van der Waals surface area (Å²) in [5, 5.41) is 6.83. The third-order valence-electron chi connectivity index (χ3n) is 4.87. The van der Waals surface area contributed by atoms with Gasteiger partial charge in [-0.1, -0.05) is 12.1 Å². The molecule has 0 aliphatic carbocycles. The quantitative estimate of drug-likeness (QED) is 0.482. The Morgan fingerprint density at radius 1 is 1.24 bits per heavy atom. The number of thiazole rings is 1. The largest absolute Gasteiger partial charge is 0.459 e. The molecule has 3 aromatic heterocycles. The Bertz CT molecular complexity index is 1100. The topological polar surface area (TPSA) is 77.1 Å². The summed E-state index contributed by atoms with van der Waals surface area (Å²) in [6.07, 6.45) is 3.41. The number of rotatable bonds is 6. The number of aromatic nitrogens is 4. The van der Waals surface area contributed by atoms with E-state index in [1.54, 1.807) is 15.9 Å². The predicted molar refractivity (Wildman–Crippen MR) is 111 cm³/mol. The first-order chi connectivity index (χ1) is 14.0. The lowest BCUT2D eigenvalue weighted by Gasteiger charge is -2.25. The van der Waals surface area contributed by atoms with Crippen molar-refractivity contribution in [3.05, 3.63) is 71.5 Å². The lowest BCUT2D eigenvalue weighted by Crippen LogP contribution is -2.31. The summed E-state index contributed by atoms with van der Waals surface area (Å²) < 4.78 is 7.31. The van der Waals surface area contributed by atoms with E-state index < -0.39 is 0 Å². The molecule has 1 aromatic carbocycles. The van der Waals surface area contributed by atoms with Gasteiger partial charge in [-0.2, -0.15) is 5.10 Å². The molecule has 4 rings (SSSR count). The fourth-order valence-corrected chi connectivity index (χ4v) is 3.80. The smallest absolute Gasteiger partial charge is 0.228 e. The Morgan fingerprint density at radius 3 is 2.69 bits per heavy atom. The van der Waals surface area contributed by atoms with Gasteiger partial charge in [-0.15, -0.1) is 11.3 Å². The zero-order valence-corrected chi connectivity index (χ0v) is 17.3. The van der Waals surface area contributed by atoms with Crippen LogP contribution in [0.15, 0.2) is 58.9 Å². The molecule has 4 aromatic rings. The first-order valence-corrected chi connectivity index (χ1v) is 10.1. The Labute approximate surface area is 172 Å². The summed E-state index contributed by atoms with van der Waals surface area (Å²) in [5.74, 6) is 1.60. The van der Waals surface area contributed by atoms with Crippen molar-refractivity contribution in [3.8, 4) is 16.5 Å². The van der Waals surface area contributed by atoms with Crippen LogP contribution in [0.1, 0.15) is 30.0 Å². The lowest BCUT2D eigenvalue weighted by molar-refractivity contribution is -0.131. The van der Waals surface area contributed by atoms with Crippen molar-refractivity contribution in [1.29, 1.82) is 0 Å². The standard InChI is InChI=1S/C21H21N5O2S/c1-14-4-9-19(28-14)21-24-17(11-29-21)10-20(27)25(3)15(2)16-5-7-18(8-6-16)26-13-22-12-23-26/h4-9,11-13,15H,10H2,1-3H3. The van der Waals surface area contributed by atoms with Gasteiger partial charge in [0.15, 0.2) is 10.8 Å². The second-order valence-electron chi connectivity index (χ2n) is 6.84. The van der Waals surface area contributed by atoms with E-state index in [9.17, 15) is 4.79 Å². The van der Waals surface area contributed by atoms with Gasteiger partial charge >= 0.3 is 0 Å². The van der Waals surface area contributed by atoms with Crippen molar-refractivity contribution in [2.45, 2.75) is 26.3 Å². The first-order valence-electron chi connectivity index (χ1n) is 9.23. The summed E-state index contributed by atoms with van der Waals surface area (Å²) in [6, 6.07) is 11.7. The average molecular weight is 407 g/mol. The molecule has 0 spiro atoms. The number of hydrogen-bond acceptors (Lipinski definition) is 6. The van der Waals surface area contributed by atoms with E-state index in [2.05, 4.69) is 15.1 Å². The van der Waals surface area contributed by atoms with Gasteiger partial charge in [-0.05, 0) is 43.7 Å². The van der Waals surface area contributed by atoms with Crippen LogP contribution in [0.25, 0.3) is 16.5 Å². The number of carbonyl (C=O) groups is 1. The second kappa shape index (κ2) is 8.00. The normalized spacial score (nSPS) is 12.1. The minimum atomic E-state index is -0.0573. The number of nitrogens with zero attached hydrogens (tertiary/aromatic N) is 5. The average Bonchev–Trinajstić information content (AvgIpc) is 3.49. The van der Waals surface area contributed by atoms with E-state index in [0.717, 1.165) is 33.5 Å². The van der Waals surface area contributed by atoms with E-state index >= 15 is 0 Å². The van der Waals surface area contributed by atoms with Crippen LogP contribution in [0.4, 0.5) is 0 Å². The zero-order chi connectivity index (χ0) is 20.4. The van der Waals surface area contributed by atoms with E-state index in [4.69, 9.17) is 4.42 Å². The lowest BCUT2D eigenvalue weighted by atomic mass is 10.1. The van der Waals surface area contributed by atoms with Crippen molar-refractivity contribution in [2.24, 2.45) is 0 Å². The molecule has 7 nitrogen and oxygen atoms in total. The van der Waals surface area contributed by atoms with Crippen molar-refractivity contribution in [1.82, 2.24) is 24.6 Å². The number of aryl methyl sites for hydroxylation is 1. The SMILES string of the molecule is Cc1ccc(-c2nc(CC(=O)N(C)C(C)c3ccc(-n4cncn4)cc3)cs2)o1. The van der Waals surface area contributed by atoms with Gasteiger partial charge in [0, 0.05) is 12.4 Å². The number of carbonyl (C=O) groups excluding carboxylic acids is 1. The molecule has 0 aliphatic rings. The number of hydrogen-bond donors (Lipinski definition) is 0. The van der Waals surface area contributed by atoms with Gasteiger partial charge in [0.05, 0.1) is 23.8 Å². The molecule has 8 heteroatoms. The number of amides is 1. The molecule has 29 heavy (non-hydrogen) atoms. The molecule has 0 N–H and O–H groups in total. The van der Waals surface area contributed by atoms with Crippen molar-refractivity contribution >= 4 is 17.2 Å². The zero-order valence-electron chi connectivity index (χ0n) is 16.4. The molecule has 0 saturated heterocycles. The van der Waals surface area contributed by atoms with E-state index in [0.29, 0.717) is 0 Å². The predicted octanol–water partition coefficient (Wildman–Crippen LogP) is 4.05. The van der Waals surface area contributed by atoms with Gasteiger partial charge in [0.1, 0.15) is 18.4 Å². The number of furan rings is 1.